The Morgan fingerprint density at radius 2 is 1.64 bits per heavy atom. The number of amides is 1. The summed E-state index contributed by atoms with van der Waals surface area (Å²) in [4.78, 5) is 13.1. The number of hydrogen-bond donors (Lipinski definition) is 1. The molecule has 4 rings (SSSR count). The Morgan fingerprint density at radius 1 is 0.972 bits per heavy atom. The molecule has 2 heterocycles. The molecule has 0 radical (unpaired) electrons. The Morgan fingerprint density at radius 3 is 2.25 bits per heavy atom. The number of carbonyl (C=O) groups excluding carboxylic acids is 1. The summed E-state index contributed by atoms with van der Waals surface area (Å²) in [5.41, 5.74) is 6.33. The second kappa shape index (κ2) is 9.80. The first-order valence-corrected chi connectivity index (χ1v) is 12.1. The second-order valence-corrected chi connectivity index (χ2v) is 9.83. The fraction of sp³-hybridized carbons (Fsp3) is 0.414. The number of methoxy groups -OCH3 is 3. The third-order valence-electron chi connectivity index (χ3n) is 7.08. The average Bonchev–Trinajstić information content (AvgIpc) is 3.33. The van der Waals surface area contributed by atoms with Gasteiger partial charge in [0, 0.05) is 18.6 Å². The van der Waals surface area contributed by atoms with Crippen LogP contribution in [-0.2, 0) is 12.8 Å². The van der Waals surface area contributed by atoms with Crippen molar-refractivity contribution in [1.82, 2.24) is 0 Å². The minimum absolute atomic E-state index is 0.184. The maximum absolute atomic E-state index is 13.1. The van der Waals surface area contributed by atoms with Crippen molar-refractivity contribution in [2.24, 2.45) is 0 Å². The summed E-state index contributed by atoms with van der Waals surface area (Å²) in [5.74, 6) is 2.90. The molecule has 1 N–H and O–H groups in total. The van der Waals surface area contributed by atoms with Gasteiger partial charge >= 0.3 is 0 Å². The quantitative estimate of drug-likeness (QED) is 0.424. The number of nitrogens with one attached hydrogen (secondary N) is 1. The topological polar surface area (TPSA) is 79.2 Å². The van der Waals surface area contributed by atoms with Crippen molar-refractivity contribution in [2.75, 3.05) is 26.6 Å². The Hall–Kier alpha value is -3.61. The van der Waals surface area contributed by atoms with Gasteiger partial charge in [0.2, 0.25) is 0 Å². The number of benzene rings is 2. The van der Waals surface area contributed by atoms with Gasteiger partial charge in [-0.15, -0.1) is 0 Å². The fourth-order valence-electron chi connectivity index (χ4n) is 4.80. The first-order valence-electron chi connectivity index (χ1n) is 12.1. The Bertz CT molecular complexity index is 1280. The maximum Gasteiger partial charge on any atom is 0.291 e. The fourth-order valence-corrected chi connectivity index (χ4v) is 4.80. The minimum atomic E-state index is -0.400. The van der Waals surface area contributed by atoms with E-state index < -0.39 is 5.91 Å². The van der Waals surface area contributed by atoms with Gasteiger partial charge in [-0.05, 0) is 87.4 Å². The smallest absolute Gasteiger partial charge is 0.291 e. The highest BCUT2D eigenvalue weighted by Crippen LogP contribution is 2.42. The largest absolute Gasteiger partial charge is 0.496 e. The van der Waals surface area contributed by atoms with Crippen molar-refractivity contribution < 1.29 is 28.2 Å². The number of hydrogen-bond acceptors (Lipinski definition) is 6. The summed E-state index contributed by atoms with van der Waals surface area (Å²) in [6.07, 6.45) is 2.58. The van der Waals surface area contributed by atoms with Crippen LogP contribution in [0.1, 0.15) is 64.4 Å². The van der Waals surface area contributed by atoms with Gasteiger partial charge in [0.05, 0.1) is 21.3 Å². The predicted molar refractivity (Wildman–Crippen MR) is 139 cm³/mol. The third-order valence-corrected chi connectivity index (χ3v) is 7.08. The van der Waals surface area contributed by atoms with Gasteiger partial charge < -0.3 is 28.7 Å². The molecule has 36 heavy (non-hydrogen) atoms. The molecule has 0 saturated heterocycles. The molecule has 0 fully saturated rings. The zero-order valence-corrected chi connectivity index (χ0v) is 22.4. The van der Waals surface area contributed by atoms with Gasteiger partial charge in [0.1, 0.15) is 40.0 Å². The van der Waals surface area contributed by atoms with Gasteiger partial charge in [-0.2, -0.15) is 0 Å². The lowest BCUT2D eigenvalue weighted by Gasteiger charge is -2.36. The SMILES string of the molecule is COc1cc(OC)c(NC(=O)c2ccc(Cc3c(C)c(C)c4c(c3C)OC(C)(C)CC4)o2)c(OC)c1. The number of ether oxygens (including phenoxy) is 4. The lowest BCUT2D eigenvalue weighted by Crippen LogP contribution is -2.33. The highest BCUT2D eigenvalue weighted by Gasteiger charge is 2.31. The highest BCUT2D eigenvalue weighted by atomic mass is 16.5. The first kappa shape index (κ1) is 25.5. The molecule has 7 heteroatoms. The molecule has 0 atom stereocenters. The summed E-state index contributed by atoms with van der Waals surface area (Å²) < 4.78 is 28.5. The van der Waals surface area contributed by atoms with E-state index in [0.29, 0.717) is 35.1 Å². The molecule has 0 spiro atoms. The second-order valence-electron chi connectivity index (χ2n) is 9.83. The van der Waals surface area contributed by atoms with Crippen molar-refractivity contribution in [3.05, 3.63) is 63.6 Å². The van der Waals surface area contributed by atoms with Crippen LogP contribution < -0.4 is 24.3 Å². The predicted octanol–water partition coefficient (Wildman–Crippen LogP) is 6.18. The summed E-state index contributed by atoms with van der Waals surface area (Å²) in [6.45, 7) is 10.7. The van der Waals surface area contributed by atoms with Gasteiger partial charge in [-0.3, -0.25) is 4.79 Å². The van der Waals surface area contributed by atoms with Crippen molar-refractivity contribution in [1.29, 1.82) is 0 Å². The molecule has 1 aliphatic rings. The zero-order valence-electron chi connectivity index (χ0n) is 22.4. The lowest BCUT2D eigenvalue weighted by molar-refractivity contribution is 0.0832. The normalized spacial score (nSPS) is 14.0. The number of anilines is 1. The van der Waals surface area contributed by atoms with E-state index in [9.17, 15) is 4.79 Å². The molecular formula is C29H35NO6. The third kappa shape index (κ3) is 4.74. The van der Waals surface area contributed by atoms with E-state index in [2.05, 4.69) is 39.9 Å². The molecule has 192 valence electrons. The van der Waals surface area contributed by atoms with Crippen molar-refractivity contribution in [3.63, 3.8) is 0 Å². The van der Waals surface area contributed by atoms with Crippen LogP contribution in [0.3, 0.4) is 0 Å². The summed E-state index contributed by atoms with van der Waals surface area (Å²) >= 11 is 0. The minimum Gasteiger partial charge on any atom is -0.496 e. The van der Waals surface area contributed by atoms with Crippen LogP contribution in [0.25, 0.3) is 0 Å². The average molecular weight is 494 g/mol. The maximum atomic E-state index is 13.1. The Labute approximate surface area is 212 Å². The van der Waals surface area contributed by atoms with Crippen molar-refractivity contribution in [2.45, 2.75) is 59.5 Å². The zero-order chi connectivity index (χ0) is 26.2. The molecule has 0 saturated carbocycles. The van der Waals surface area contributed by atoms with Crippen molar-refractivity contribution >= 4 is 11.6 Å². The molecule has 1 amide bonds. The van der Waals surface area contributed by atoms with E-state index >= 15 is 0 Å². The summed E-state index contributed by atoms with van der Waals surface area (Å²) in [7, 11) is 4.59. The molecule has 1 aromatic heterocycles. The summed E-state index contributed by atoms with van der Waals surface area (Å²) in [5, 5.41) is 2.85. The molecular weight excluding hydrogens is 458 g/mol. The van der Waals surface area contributed by atoms with E-state index in [1.165, 1.54) is 36.5 Å². The van der Waals surface area contributed by atoms with E-state index in [4.69, 9.17) is 23.4 Å². The van der Waals surface area contributed by atoms with E-state index in [1.807, 2.05) is 6.07 Å². The Kier molecular flexibility index (Phi) is 6.94. The number of carbonyl (C=O) groups is 1. The van der Waals surface area contributed by atoms with Crippen LogP contribution in [0, 0.1) is 20.8 Å². The molecule has 1 aliphatic heterocycles. The van der Waals surface area contributed by atoms with Crippen LogP contribution in [-0.4, -0.2) is 32.8 Å². The Balaban J connectivity index is 1.60. The van der Waals surface area contributed by atoms with Gasteiger partial charge in [-0.1, -0.05) is 0 Å². The van der Waals surface area contributed by atoms with E-state index in [0.717, 1.165) is 24.2 Å². The highest BCUT2D eigenvalue weighted by molar-refractivity contribution is 6.04. The monoisotopic (exact) mass is 493 g/mol. The number of rotatable bonds is 7. The van der Waals surface area contributed by atoms with Crippen LogP contribution >= 0.6 is 0 Å². The van der Waals surface area contributed by atoms with E-state index in [1.54, 1.807) is 25.3 Å². The van der Waals surface area contributed by atoms with Crippen LogP contribution in [0.5, 0.6) is 23.0 Å². The molecule has 7 nitrogen and oxygen atoms in total. The van der Waals surface area contributed by atoms with E-state index in [-0.39, 0.29) is 11.4 Å². The summed E-state index contributed by atoms with van der Waals surface area (Å²) in [6, 6.07) is 6.89. The molecule has 2 aromatic carbocycles. The molecule has 0 aliphatic carbocycles. The molecule has 0 unspecified atom stereocenters. The van der Waals surface area contributed by atoms with Crippen LogP contribution in [0.2, 0.25) is 0 Å². The lowest BCUT2D eigenvalue weighted by atomic mass is 9.84. The first-order chi connectivity index (χ1) is 17.1. The van der Waals surface area contributed by atoms with Crippen LogP contribution in [0.15, 0.2) is 28.7 Å². The number of fused-ring (bicyclic) bond motifs is 1. The van der Waals surface area contributed by atoms with Gasteiger partial charge in [0.15, 0.2) is 5.76 Å². The number of furan rings is 1. The standard InChI is InChI=1S/C29H35NO6/c1-16-17(2)22(18(3)27-21(16)11-12-29(4,5)36-27)13-19-9-10-23(35-19)28(31)30-26-24(33-7)14-20(32-6)15-25(26)34-8/h9-10,14-15H,11-13H2,1-8H3,(H,30,31). The van der Waals surface area contributed by atoms with Gasteiger partial charge in [0.25, 0.3) is 5.91 Å². The van der Waals surface area contributed by atoms with Crippen molar-refractivity contribution in [3.8, 4) is 23.0 Å². The molecule has 0 bridgehead atoms. The van der Waals surface area contributed by atoms with Gasteiger partial charge in [-0.25, -0.2) is 0 Å². The van der Waals surface area contributed by atoms with Crippen LogP contribution in [0.4, 0.5) is 5.69 Å². The molecule has 3 aromatic rings.